The number of rotatable bonds is 8. The van der Waals surface area contributed by atoms with Crippen LogP contribution in [0, 0.1) is 0 Å². The fourth-order valence-electron chi connectivity index (χ4n) is 2.91. The molecule has 0 spiro atoms. The Balaban J connectivity index is 1.57. The van der Waals surface area contributed by atoms with Gasteiger partial charge in [0.25, 0.3) is 5.91 Å². The Hall–Kier alpha value is -2.79. The van der Waals surface area contributed by atoms with Gasteiger partial charge in [0.15, 0.2) is 0 Å². The van der Waals surface area contributed by atoms with Crippen molar-refractivity contribution in [1.82, 2.24) is 15.1 Å². The molecule has 2 aromatic carbocycles. The molecule has 6 heteroatoms. The lowest BCUT2D eigenvalue weighted by atomic mass is 10.2. The van der Waals surface area contributed by atoms with Gasteiger partial charge in [0.1, 0.15) is 0 Å². The molecule has 0 atom stereocenters. The Morgan fingerprint density at radius 1 is 1.11 bits per heavy atom. The molecule has 0 saturated carbocycles. The molecule has 0 aliphatic heterocycles. The molecule has 0 radical (unpaired) electrons. The van der Waals surface area contributed by atoms with Gasteiger partial charge >= 0.3 is 0 Å². The molecule has 3 rings (SSSR count). The summed E-state index contributed by atoms with van der Waals surface area (Å²) in [4.78, 5) is 12.6. The van der Waals surface area contributed by atoms with Crippen LogP contribution < -0.4 is 10.6 Å². The van der Waals surface area contributed by atoms with Crippen LogP contribution in [0.3, 0.4) is 0 Å². The van der Waals surface area contributed by atoms with E-state index in [9.17, 15) is 4.79 Å². The summed E-state index contributed by atoms with van der Waals surface area (Å²) in [5, 5.41) is 11.3. The van der Waals surface area contributed by atoms with Crippen molar-refractivity contribution in [3.63, 3.8) is 0 Å². The van der Waals surface area contributed by atoms with Gasteiger partial charge in [-0.1, -0.05) is 42.8 Å². The van der Waals surface area contributed by atoms with Crippen molar-refractivity contribution < 1.29 is 4.79 Å². The van der Waals surface area contributed by atoms with Crippen LogP contribution in [0.25, 0.3) is 5.69 Å². The highest BCUT2D eigenvalue weighted by Gasteiger charge is 2.16. The molecule has 0 fully saturated rings. The first-order valence-corrected chi connectivity index (χ1v) is 9.46. The Labute approximate surface area is 164 Å². The molecule has 27 heavy (non-hydrogen) atoms. The summed E-state index contributed by atoms with van der Waals surface area (Å²) in [7, 11) is 0. The van der Waals surface area contributed by atoms with Crippen molar-refractivity contribution in [1.29, 1.82) is 0 Å². The maximum Gasteiger partial charge on any atom is 0.254 e. The highest BCUT2D eigenvalue weighted by atomic mass is 35.5. The molecule has 0 unspecified atom stereocenters. The Kier molecular flexibility index (Phi) is 6.49. The van der Waals surface area contributed by atoms with Crippen molar-refractivity contribution in [2.75, 3.05) is 18.4 Å². The van der Waals surface area contributed by atoms with E-state index in [1.165, 1.54) is 0 Å². The molecule has 1 amide bonds. The van der Waals surface area contributed by atoms with Crippen LogP contribution in [0.4, 0.5) is 5.69 Å². The number of aromatic nitrogens is 2. The number of amides is 1. The normalized spacial score (nSPS) is 10.6. The first-order valence-electron chi connectivity index (χ1n) is 9.09. The van der Waals surface area contributed by atoms with Crippen LogP contribution >= 0.6 is 11.6 Å². The molecule has 140 valence electrons. The maximum absolute atomic E-state index is 12.6. The molecule has 2 N–H and O–H groups in total. The second-order valence-electron chi connectivity index (χ2n) is 6.15. The summed E-state index contributed by atoms with van der Waals surface area (Å²) < 4.78 is 1.78. The summed E-state index contributed by atoms with van der Waals surface area (Å²) in [5.41, 5.74) is 3.41. The first kappa shape index (κ1) is 19.0. The number of carbonyl (C=O) groups is 1. The predicted octanol–water partition coefficient (Wildman–Crippen LogP) is 4.32. The zero-order valence-corrected chi connectivity index (χ0v) is 16.0. The summed E-state index contributed by atoms with van der Waals surface area (Å²) in [5.74, 6) is -0.0974. The van der Waals surface area contributed by atoms with E-state index in [0.717, 1.165) is 30.0 Å². The number of hydrogen-bond donors (Lipinski definition) is 2. The number of hydrogen-bond acceptors (Lipinski definition) is 3. The zero-order valence-electron chi connectivity index (χ0n) is 15.3. The average Bonchev–Trinajstić information content (AvgIpc) is 3.12. The Bertz CT molecular complexity index is 892. The lowest BCUT2D eigenvalue weighted by Crippen LogP contribution is -2.26. The van der Waals surface area contributed by atoms with E-state index in [1.54, 1.807) is 10.9 Å². The van der Waals surface area contributed by atoms with Crippen LogP contribution in [-0.4, -0.2) is 28.8 Å². The minimum atomic E-state index is -0.0974. The van der Waals surface area contributed by atoms with Crippen molar-refractivity contribution >= 4 is 23.2 Å². The molecule has 0 aliphatic rings. The summed E-state index contributed by atoms with van der Waals surface area (Å²) in [6.45, 7) is 3.41. The van der Waals surface area contributed by atoms with Crippen LogP contribution in [0.1, 0.15) is 29.4 Å². The van der Waals surface area contributed by atoms with Gasteiger partial charge in [-0.15, -0.1) is 0 Å². The first-order chi connectivity index (χ1) is 13.2. The maximum atomic E-state index is 12.6. The zero-order chi connectivity index (χ0) is 19.1. The van der Waals surface area contributed by atoms with E-state index in [0.29, 0.717) is 23.6 Å². The number of nitrogens with one attached hydrogen (secondary N) is 2. The quantitative estimate of drug-likeness (QED) is 0.570. The predicted molar refractivity (Wildman–Crippen MR) is 110 cm³/mol. The fraction of sp³-hybridized carbons (Fsp3) is 0.238. The number of benzene rings is 2. The van der Waals surface area contributed by atoms with Crippen LogP contribution in [0.15, 0.2) is 60.8 Å². The Morgan fingerprint density at radius 3 is 2.67 bits per heavy atom. The van der Waals surface area contributed by atoms with Gasteiger partial charge in [0.05, 0.1) is 23.1 Å². The number of halogens is 1. The largest absolute Gasteiger partial charge is 0.385 e. The van der Waals surface area contributed by atoms with Crippen molar-refractivity contribution in [2.24, 2.45) is 0 Å². The average molecular weight is 383 g/mol. The minimum absolute atomic E-state index is 0.0974. The number of anilines is 1. The molecule has 1 heterocycles. The van der Waals surface area contributed by atoms with Gasteiger partial charge in [-0.2, -0.15) is 5.10 Å². The highest BCUT2D eigenvalue weighted by Crippen LogP contribution is 2.19. The summed E-state index contributed by atoms with van der Waals surface area (Å²) >= 11 is 6.08. The highest BCUT2D eigenvalue weighted by molar-refractivity contribution is 6.30. The van der Waals surface area contributed by atoms with E-state index in [-0.39, 0.29) is 5.91 Å². The van der Waals surface area contributed by atoms with E-state index in [4.69, 9.17) is 11.6 Å². The van der Waals surface area contributed by atoms with Crippen LogP contribution in [0.5, 0.6) is 0 Å². The third-order valence-electron chi connectivity index (χ3n) is 4.24. The van der Waals surface area contributed by atoms with Gasteiger partial charge in [-0.25, -0.2) is 4.68 Å². The van der Waals surface area contributed by atoms with Crippen LogP contribution in [-0.2, 0) is 6.42 Å². The van der Waals surface area contributed by atoms with E-state index in [2.05, 4.69) is 15.7 Å². The minimum Gasteiger partial charge on any atom is -0.385 e. The molecule has 5 nitrogen and oxygen atoms in total. The van der Waals surface area contributed by atoms with Gasteiger partial charge in [-0.3, -0.25) is 4.79 Å². The molecular weight excluding hydrogens is 360 g/mol. The molecule has 1 aromatic heterocycles. The van der Waals surface area contributed by atoms with E-state index >= 15 is 0 Å². The second kappa shape index (κ2) is 9.24. The van der Waals surface area contributed by atoms with E-state index < -0.39 is 0 Å². The van der Waals surface area contributed by atoms with Crippen molar-refractivity contribution in [2.45, 2.75) is 19.8 Å². The molecule has 0 saturated heterocycles. The van der Waals surface area contributed by atoms with Crippen molar-refractivity contribution in [3.05, 3.63) is 77.1 Å². The van der Waals surface area contributed by atoms with Crippen LogP contribution in [0.2, 0.25) is 5.02 Å². The second-order valence-corrected chi connectivity index (χ2v) is 6.59. The molecule has 0 bridgehead atoms. The monoisotopic (exact) mass is 382 g/mol. The fourth-order valence-corrected chi connectivity index (χ4v) is 3.09. The molecule has 3 aromatic rings. The smallest absolute Gasteiger partial charge is 0.254 e. The summed E-state index contributed by atoms with van der Waals surface area (Å²) in [6, 6.07) is 17.5. The third-order valence-corrected chi connectivity index (χ3v) is 4.48. The van der Waals surface area contributed by atoms with Crippen molar-refractivity contribution in [3.8, 4) is 5.69 Å². The molecular formula is C21H23ClN4O. The molecule has 0 aliphatic carbocycles. The third kappa shape index (κ3) is 4.89. The van der Waals surface area contributed by atoms with Gasteiger partial charge in [0, 0.05) is 23.8 Å². The standard InChI is InChI=1S/C21H23ClN4O/c1-2-20-19(15-25-26(20)18-11-6-8-16(22)14-18)21(27)24-13-7-12-23-17-9-4-3-5-10-17/h3-6,8-11,14-15,23H,2,7,12-13H2,1H3,(H,24,27). The number of carbonyl (C=O) groups excluding carboxylic acids is 1. The number of nitrogens with zero attached hydrogens (tertiary/aromatic N) is 2. The van der Waals surface area contributed by atoms with E-state index in [1.807, 2.05) is 61.5 Å². The lowest BCUT2D eigenvalue weighted by molar-refractivity contribution is 0.0952. The summed E-state index contributed by atoms with van der Waals surface area (Å²) in [6.07, 6.45) is 3.16. The topological polar surface area (TPSA) is 59.0 Å². The van der Waals surface area contributed by atoms with Gasteiger partial charge < -0.3 is 10.6 Å². The lowest BCUT2D eigenvalue weighted by Gasteiger charge is -2.09. The SMILES string of the molecule is CCc1c(C(=O)NCCCNc2ccccc2)cnn1-c1cccc(Cl)c1. The Morgan fingerprint density at radius 2 is 1.93 bits per heavy atom. The van der Waals surface area contributed by atoms with Gasteiger partial charge in [0.2, 0.25) is 0 Å². The number of para-hydroxylation sites is 1. The van der Waals surface area contributed by atoms with Gasteiger partial charge in [-0.05, 0) is 43.2 Å².